The number of phenols is 1. The molecule has 0 bridgehead atoms. The van der Waals surface area contributed by atoms with Crippen LogP contribution in [-0.2, 0) is 16.0 Å². The predicted molar refractivity (Wildman–Crippen MR) is 149 cm³/mol. The minimum atomic E-state index is -2.70. The second-order valence-corrected chi connectivity index (χ2v) is 10.8. The summed E-state index contributed by atoms with van der Waals surface area (Å²) in [7, 11) is 7.56. The summed E-state index contributed by atoms with van der Waals surface area (Å²) in [5.74, 6) is -6.01. The SMILES string of the molecule is COc1ccc(-c2ccc(O)c3c2C[C@@H]2C[C@@H]4[C@H](N(C)C)C(O)=C(C(N)=O)C(=O)[C@]4(O)C(O)=C2C3=O)c(OC)c1OC. The quantitative estimate of drug-likeness (QED) is 0.313. The average Bonchev–Trinajstić information content (AvgIpc) is 2.93. The molecule has 4 atom stereocenters. The summed E-state index contributed by atoms with van der Waals surface area (Å²) >= 11 is 0. The highest BCUT2D eigenvalue weighted by Crippen LogP contribution is 2.54. The van der Waals surface area contributed by atoms with Gasteiger partial charge in [-0.3, -0.25) is 19.3 Å². The van der Waals surface area contributed by atoms with Crippen molar-refractivity contribution in [3.8, 4) is 34.1 Å². The number of primary amides is 1. The summed E-state index contributed by atoms with van der Waals surface area (Å²) in [6.07, 6.45) is 0.0969. The Labute approximate surface area is 241 Å². The molecule has 3 aliphatic carbocycles. The Kier molecular flexibility index (Phi) is 6.94. The number of phenolic OH excluding ortho intramolecular Hbond substituents is 1. The lowest BCUT2D eigenvalue weighted by Crippen LogP contribution is -2.63. The Hall–Kier alpha value is -4.55. The van der Waals surface area contributed by atoms with Crippen LogP contribution in [0.5, 0.6) is 23.0 Å². The third-order valence-electron chi connectivity index (χ3n) is 8.60. The van der Waals surface area contributed by atoms with Crippen LogP contribution in [0.3, 0.4) is 0 Å². The first-order chi connectivity index (χ1) is 19.8. The molecule has 0 aromatic heterocycles. The standard InChI is InChI=1S/C30H32N2O10/c1-32(2)22-16-11-12-10-15-13(14-7-9-18(40-3)26(42-5)25(14)41-4)6-8-17(33)20(15)23(34)19(12)27(36)30(16,39)28(37)21(24(22)35)29(31)38/h6-9,12,16,22,33,35-36,39H,10-11H2,1-5H3,(H2,31,38)/t12-,16-,22+,30-/m1/s1. The highest BCUT2D eigenvalue weighted by molar-refractivity contribution is 6.25. The monoisotopic (exact) mass is 580 g/mol. The molecule has 0 unspecified atom stereocenters. The topological polar surface area (TPSA) is 189 Å². The number of methoxy groups -OCH3 is 3. The third-order valence-corrected chi connectivity index (χ3v) is 8.60. The van der Waals surface area contributed by atoms with Gasteiger partial charge in [-0.2, -0.15) is 0 Å². The summed E-state index contributed by atoms with van der Waals surface area (Å²) in [4.78, 5) is 41.1. The molecule has 0 heterocycles. The average molecular weight is 581 g/mol. The number of nitrogens with zero attached hydrogens (tertiary/aromatic N) is 1. The molecule has 3 aliphatic rings. The lowest BCUT2D eigenvalue weighted by molar-refractivity contribution is -0.148. The van der Waals surface area contributed by atoms with Gasteiger partial charge in [0.05, 0.1) is 32.9 Å². The molecular weight excluding hydrogens is 548 g/mol. The van der Waals surface area contributed by atoms with Crippen molar-refractivity contribution in [3.05, 3.63) is 58.1 Å². The maximum atomic E-state index is 14.0. The fourth-order valence-corrected chi connectivity index (χ4v) is 6.82. The zero-order valence-corrected chi connectivity index (χ0v) is 23.7. The van der Waals surface area contributed by atoms with Crippen LogP contribution in [0, 0.1) is 11.8 Å². The van der Waals surface area contributed by atoms with E-state index in [9.17, 15) is 34.8 Å². The van der Waals surface area contributed by atoms with E-state index in [4.69, 9.17) is 19.9 Å². The van der Waals surface area contributed by atoms with Gasteiger partial charge in [0, 0.05) is 17.1 Å². The van der Waals surface area contributed by atoms with Crippen LogP contribution < -0.4 is 19.9 Å². The summed E-state index contributed by atoms with van der Waals surface area (Å²) in [6, 6.07) is 5.30. The van der Waals surface area contributed by atoms with Crippen molar-refractivity contribution >= 4 is 17.5 Å². The highest BCUT2D eigenvalue weighted by Gasteiger charge is 2.63. The van der Waals surface area contributed by atoms with Gasteiger partial charge in [-0.05, 0) is 62.2 Å². The van der Waals surface area contributed by atoms with E-state index in [0.717, 1.165) is 0 Å². The maximum absolute atomic E-state index is 14.0. The molecule has 12 heteroatoms. The van der Waals surface area contributed by atoms with E-state index in [1.54, 1.807) is 32.3 Å². The van der Waals surface area contributed by atoms with Gasteiger partial charge in [-0.25, -0.2) is 0 Å². The number of hydrogen-bond acceptors (Lipinski definition) is 11. The molecule has 5 rings (SSSR count). The van der Waals surface area contributed by atoms with Crippen molar-refractivity contribution < 1.29 is 49.0 Å². The Morgan fingerprint density at radius 3 is 2.19 bits per heavy atom. The number of carbonyl (C=O) groups excluding carboxylic acids is 3. The van der Waals surface area contributed by atoms with E-state index in [1.165, 1.54) is 32.3 Å². The molecule has 42 heavy (non-hydrogen) atoms. The lowest BCUT2D eigenvalue weighted by atomic mass is 9.58. The van der Waals surface area contributed by atoms with Gasteiger partial charge in [-0.1, -0.05) is 6.07 Å². The van der Waals surface area contributed by atoms with Crippen molar-refractivity contribution in [3.63, 3.8) is 0 Å². The van der Waals surface area contributed by atoms with E-state index >= 15 is 0 Å². The summed E-state index contributed by atoms with van der Waals surface area (Å²) < 4.78 is 16.6. The molecule has 222 valence electrons. The fourth-order valence-electron chi connectivity index (χ4n) is 6.82. The van der Waals surface area contributed by atoms with Crippen LogP contribution in [0.15, 0.2) is 46.9 Å². The molecular formula is C30H32N2O10. The Morgan fingerprint density at radius 1 is 0.976 bits per heavy atom. The third kappa shape index (κ3) is 3.78. The maximum Gasteiger partial charge on any atom is 0.255 e. The Morgan fingerprint density at radius 2 is 1.62 bits per heavy atom. The number of benzene rings is 2. The van der Waals surface area contributed by atoms with E-state index in [0.29, 0.717) is 33.9 Å². The van der Waals surface area contributed by atoms with Crippen molar-refractivity contribution in [1.82, 2.24) is 4.90 Å². The number of allylic oxidation sites excluding steroid dienone is 1. The Bertz CT molecular complexity index is 1610. The zero-order chi connectivity index (χ0) is 30.8. The van der Waals surface area contributed by atoms with Gasteiger partial charge in [0.1, 0.15) is 22.8 Å². The molecule has 0 aliphatic heterocycles. The first-order valence-corrected chi connectivity index (χ1v) is 13.1. The van der Waals surface area contributed by atoms with Gasteiger partial charge in [-0.15, -0.1) is 0 Å². The number of Topliss-reactive ketones (excluding diaryl/α,β-unsaturated/α-hetero) is 2. The smallest absolute Gasteiger partial charge is 0.255 e. The predicted octanol–water partition coefficient (Wildman–Crippen LogP) is 1.81. The second kappa shape index (κ2) is 10.1. The molecule has 12 nitrogen and oxygen atoms in total. The number of ketones is 2. The molecule has 2 aromatic carbocycles. The number of aliphatic hydroxyl groups is 3. The first kappa shape index (κ1) is 29.0. The molecule has 2 aromatic rings. The van der Waals surface area contributed by atoms with Crippen molar-refractivity contribution in [2.45, 2.75) is 24.5 Å². The van der Waals surface area contributed by atoms with Gasteiger partial charge < -0.3 is 40.4 Å². The minimum absolute atomic E-state index is 0.0239. The van der Waals surface area contributed by atoms with Crippen LogP contribution in [-0.4, -0.2) is 89.9 Å². The number of ether oxygens (including phenoxy) is 3. The van der Waals surface area contributed by atoms with E-state index < -0.39 is 58.0 Å². The van der Waals surface area contributed by atoms with Crippen LogP contribution in [0.25, 0.3) is 11.1 Å². The number of likely N-dealkylation sites (N-methyl/N-ethyl adjacent to an activating group) is 1. The van der Waals surface area contributed by atoms with Crippen LogP contribution in [0.2, 0.25) is 0 Å². The Balaban J connectivity index is 1.74. The molecule has 0 radical (unpaired) electrons. The summed E-state index contributed by atoms with van der Waals surface area (Å²) in [5.41, 5.74) is 3.04. The van der Waals surface area contributed by atoms with Crippen molar-refractivity contribution in [2.24, 2.45) is 17.6 Å². The minimum Gasteiger partial charge on any atom is -0.510 e. The van der Waals surface area contributed by atoms with Crippen molar-refractivity contribution in [2.75, 3.05) is 35.4 Å². The second-order valence-electron chi connectivity index (χ2n) is 10.8. The van der Waals surface area contributed by atoms with Gasteiger partial charge >= 0.3 is 0 Å². The number of aliphatic hydroxyl groups excluding tert-OH is 2. The molecule has 0 saturated heterocycles. The molecule has 1 amide bonds. The van der Waals surface area contributed by atoms with Crippen LogP contribution >= 0.6 is 0 Å². The van der Waals surface area contributed by atoms with Gasteiger partial charge in [0.2, 0.25) is 11.5 Å². The number of rotatable bonds is 6. The van der Waals surface area contributed by atoms with E-state index in [-0.39, 0.29) is 29.7 Å². The number of nitrogens with two attached hydrogens (primary N) is 1. The van der Waals surface area contributed by atoms with Crippen molar-refractivity contribution in [1.29, 1.82) is 0 Å². The number of aromatic hydroxyl groups is 1. The van der Waals surface area contributed by atoms with E-state index in [1.807, 2.05) is 0 Å². The normalized spacial score (nSPS) is 25.2. The van der Waals surface area contributed by atoms with Gasteiger partial charge in [0.15, 0.2) is 22.9 Å². The number of amides is 1. The molecule has 0 saturated carbocycles. The lowest BCUT2D eigenvalue weighted by Gasteiger charge is -2.50. The summed E-state index contributed by atoms with van der Waals surface area (Å²) in [5, 5.41) is 45.0. The molecule has 6 N–H and O–H groups in total. The first-order valence-electron chi connectivity index (χ1n) is 13.1. The summed E-state index contributed by atoms with van der Waals surface area (Å²) in [6.45, 7) is 0. The van der Waals surface area contributed by atoms with E-state index in [2.05, 4.69) is 0 Å². The van der Waals surface area contributed by atoms with Gasteiger partial charge in [0.25, 0.3) is 5.91 Å². The number of hydrogen-bond donors (Lipinski definition) is 5. The highest BCUT2D eigenvalue weighted by atomic mass is 16.5. The molecule has 0 fully saturated rings. The largest absolute Gasteiger partial charge is 0.510 e. The zero-order valence-electron chi connectivity index (χ0n) is 23.7. The number of carbonyl (C=O) groups is 3. The van der Waals surface area contributed by atoms with Crippen LogP contribution in [0.1, 0.15) is 22.3 Å². The fraction of sp³-hybridized carbons (Fsp3) is 0.367. The molecule has 0 spiro atoms. The number of fused-ring (bicyclic) bond motifs is 3. The van der Waals surface area contributed by atoms with Crippen LogP contribution in [0.4, 0.5) is 0 Å².